The zero-order valence-electron chi connectivity index (χ0n) is 16.4. The van der Waals surface area contributed by atoms with E-state index in [1.165, 1.54) is 25.3 Å². The zero-order valence-corrected chi connectivity index (χ0v) is 18.0. The summed E-state index contributed by atoms with van der Waals surface area (Å²) < 4.78 is 11.1. The fraction of sp³-hybridized carbons (Fsp3) is 0.136. The van der Waals surface area contributed by atoms with Crippen LogP contribution in [0, 0.1) is 0 Å². The number of nitrogens with zero attached hydrogens (tertiary/aromatic N) is 1. The molecule has 0 spiro atoms. The predicted molar refractivity (Wildman–Crippen MR) is 116 cm³/mol. The molecular formula is C22H17ClNO6S-. The zero-order chi connectivity index (χ0) is 22.5. The van der Waals surface area contributed by atoms with Gasteiger partial charge in [-0.3, -0.25) is 14.5 Å². The van der Waals surface area contributed by atoms with Crippen LogP contribution in [0.4, 0.5) is 4.79 Å². The summed E-state index contributed by atoms with van der Waals surface area (Å²) in [5.74, 6) is -1.10. The number of thioether (sulfide) groups is 1. The van der Waals surface area contributed by atoms with Crippen molar-refractivity contribution in [3.05, 3.63) is 75.7 Å². The first-order chi connectivity index (χ1) is 14.8. The van der Waals surface area contributed by atoms with Crippen LogP contribution in [0.3, 0.4) is 0 Å². The van der Waals surface area contributed by atoms with Crippen molar-refractivity contribution in [3.63, 3.8) is 0 Å². The Labute approximate surface area is 187 Å². The molecule has 0 atom stereocenters. The van der Waals surface area contributed by atoms with Gasteiger partial charge in [0.25, 0.3) is 11.1 Å². The highest BCUT2D eigenvalue weighted by molar-refractivity contribution is 8.18. The number of amides is 2. The highest BCUT2D eigenvalue weighted by Gasteiger charge is 2.34. The molecule has 31 heavy (non-hydrogen) atoms. The van der Waals surface area contributed by atoms with Crippen molar-refractivity contribution >= 4 is 46.6 Å². The number of hydrogen-bond donors (Lipinski definition) is 0. The van der Waals surface area contributed by atoms with Gasteiger partial charge in [0.2, 0.25) is 0 Å². The lowest BCUT2D eigenvalue weighted by atomic mass is 10.1. The van der Waals surface area contributed by atoms with Gasteiger partial charge in [-0.1, -0.05) is 35.9 Å². The van der Waals surface area contributed by atoms with Crippen LogP contribution in [0.15, 0.2) is 54.0 Å². The number of methoxy groups -OCH3 is 1. The number of hydrogen-bond acceptors (Lipinski definition) is 7. The van der Waals surface area contributed by atoms with E-state index in [-0.39, 0.29) is 39.6 Å². The van der Waals surface area contributed by atoms with Crippen molar-refractivity contribution < 1.29 is 29.0 Å². The summed E-state index contributed by atoms with van der Waals surface area (Å²) in [4.78, 5) is 36.7. The van der Waals surface area contributed by atoms with E-state index in [0.717, 1.165) is 16.7 Å². The monoisotopic (exact) mass is 458 g/mol. The van der Waals surface area contributed by atoms with Crippen LogP contribution in [-0.2, 0) is 11.4 Å². The quantitative estimate of drug-likeness (QED) is 0.441. The standard InChI is InChI=1S/C22H18ClNO6S/c1-3-7-24-20(25)18(31-22(24)28)11-14-9-16(23)19(17(10-14)29-2)30-12-13-5-4-6-15(8-13)21(26)27/h3-6,8-11H,1,7,12H2,2H3,(H,26,27)/p-1/b18-11+. The van der Waals surface area contributed by atoms with Gasteiger partial charge in [0.15, 0.2) is 11.5 Å². The molecule has 0 aromatic heterocycles. The molecule has 3 rings (SSSR count). The molecule has 0 aliphatic carbocycles. The summed E-state index contributed by atoms with van der Waals surface area (Å²) in [5, 5.41) is 10.9. The number of rotatable bonds is 8. The molecule has 0 bridgehead atoms. The molecule has 0 radical (unpaired) electrons. The SMILES string of the molecule is C=CCN1C(=O)S/C(=C/c2cc(Cl)c(OCc3cccc(C(=O)[O-])c3)c(OC)c2)C1=O. The van der Waals surface area contributed by atoms with E-state index < -0.39 is 11.9 Å². The number of ether oxygens (including phenoxy) is 2. The summed E-state index contributed by atoms with van der Waals surface area (Å²) in [6.45, 7) is 3.73. The molecule has 1 fully saturated rings. The maximum absolute atomic E-state index is 12.4. The highest BCUT2D eigenvalue weighted by Crippen LogP contribution is 2.39. The van der Waals surface area contributed by atoms with Gasteiger partial charge < -0.3 is 19.4 Å². The third kappa shape index (κ3) is 5.10. The molecular weight excluding hydrogens is 442 g/mol. The maximum atomic E-state index is 12.4. The van der Waals surface area contributed by atoms with Crippen LogP contribution < -0.4 is 14.6 Å². The van der Waals surface area contributed by atoms with Gasteiger partial charge in [-0.2, -0.15) is 0 Å². The van der Waals surface area contributed by atoms with Crippen molar-refractivity contribution in [2.75, 3.05) is 13.7 Å². The Bertz CT molecular complexity index is 1100. The molecule has 1 aliphatic heterocycles. The molecule has 160 valence electrons. The average molecular weight is 459 g/mol. The number of halogens is 1. The second-order valence-electron chi connectivity index (χ2n) is 6.39. The maximum Gasteiger partial charge on any atom is 0.293 e. The molecule has 2 amide bonds. The Morgan fingerprint density at radius 1 is 1.29 bits per heavy atom. The minimum Gasteiger partial charge on any atom is -0.545 e. The van der Waals surface area contributed by atoms with Crippen LogP contribution in [-0.4, -0.2) is 35.7 Å². The first kappa shape index (κ1) is 22.5. The van der Waals surface area contributed by atoms with Crippen molar-refractivity contribution in [2.45, 2.75) is 6.61 Å². The Kier molecular flexibility index (Phi) is 7.04. The minimum absolute atomic E-state index is 0.0416. The van der Waals surface area contributed by atoms with Gasteiger partial charge in [0.1, 0.15) is 6.61 Å². The van der Waals surface area contributed by atoms with Crippen LogP contribution in [0.1, 0.15) is 21.5 Å². The number of carboxylic acids is 1. The Balaban J connectivity index is 1.83. The van der Waals surface area contributed by atoms with E-state index in [4.69, 9.17) is 21.1 Å². The first-order valence-corrected chi connectivity index (χ1v) is 10.2. The van der Waals surface area contributed by atoms with Crippen molar-refractivity contribution in [2.24, 2.45) is 0 Å². The van der Waals surface area contributed by atoms with Crippen molar-refractivity contribution in [1.82, 2.24) is 4.90 Å². The smallest absolute Gasteiger partial charge is 0.293 e. The number of aromatic carboxylic acids is 1. The van der Waals surface area contributed by atoms with Crippen LogP contribution in [0.2, 0.25) is 5.02 Å². The van der Waals surface area contributed by atoms with Gasteiger partial charge in [-0.25, -0.2) is 0 Å². The lowest BCUT2D eigenvalue weighted by Gasteiger charge is -2.14. The van der Waals surface area contributed by atoms with E-state index in [0.29, 0.717) is 16.9 Å². The first-order valence-electron chi connectivity index (χ1n) is 9.01. The molecule has 1 heterocycles. The number of benzene rings is 2. The van der Waals surface area contributed by atoms with Crippen LogP contribution in [0.25, 0.3) is 6.08 Å². The number of carbonyl (C=O) groups is 3. The van der Waals surface area contributed by atoms with Gasteiger partial charge >= 0.3 is 0 Å². The highest BCUT2D eigenvalue weighted by atomic mass is 35.5. The Morgan fingerprint density at radius 2 is 2.06 bits per heavy atom. The third-order valence-corrected chi connectivity index (χ3v) is 5.47. The summed E-state index contributed by atoms with van der Waals surface area (Å²) in [7, 11) is 1.44. The van der Waals surface area contributed by atoms with E-state index in [1.54, 1.807) is 30.3 Å². The molecule has 1 aliphatic rings. The normalized spacial score (nSPS) is 14.8. The summed E-state index contributed by atoms with van der Waals surface area (Å²) in [5.41, 5.74) is 1.21. The summed E-state index contributed by atoms with van der Waals surface area (Å²) in [6.07, 6.45) is 3.03. The second-order valence-corrected chi connectivity index (χ2v) is 7.79. The second kappa shape index (κ2) is 9.72. The van der Waals surface area contributed by atoms with Gasteiger partial charge in [-0.05, 0) is 52.7 Å². The van der Waals surface area contributed by atoms with Gasteiger partial charge in [0, 0.05) is 6.54 Å². The summed E-state index contributed by atoms with van der Waals surface area (Å²) >= 11 is 7.20. The van der Waals surface area contributed by atoms with E-state index in [2.05, 4.69) is 6.58 Å². The molecule has 1 saturated heterocycles. The lowest BCUT2D eigenvalue weighted by Crippen LogP contribution is -2.27. The molecule has 7 nitrogen and oxygen atoms in total. The predicted octanol–water partition coefficient (Wildman–Crippen LogP) is 3.51. The van der Waals surface area contributed by atoms with E-state index >= 15 is 0 Å². The van der Waals surface area contributed by atoms with E-state index in [9.17, 15) is 19.5 Å². The molecule has 2 aromatic carbocycles. The largest absolute Gasteiger partial charge is 0.545 e. The average Bonchev–Trinajstić information content (AvgIpc) is 3.00. The van der Waals surface area contributed by atoms with Crippen molar-refractivity contribution in [1.29, 1.82) is 0 Å². The number of carboxylic acid groups (broad SMARTS) is 1. The number of imide groups is 1. The Morgan fingerprint density at radius 3 is 2.74 bits per heavy atom. The minimum atomic E-state index is -1.28. The molecule has 0 unspecified atom stereocenters. The summed E-state index contributed by atoms with van der Waals surface area (Å²) in [6, 6.07) is 9.38. The van der Waals surface area contributed by atoms with Crippen LogP contribution >= 0.6 is 23.4 Å². The van der Waals surface area contributed by atoms with Crippen molar-refractivity contribution in [3.8, 4) is 11.5 Å². The topological polar surface area (TPSA) is 96.0 Å². The molecule has 9 heteroatoms. The third-order valence-electron chi connectivity index (χ3n) is 4.28. The lowest BCUT2D eigenvalue weighted by molar-refractivity contribution is -0.255. The molecule has 0 saturated carbocycles. The molecule has 0 N–H and O–H groups in total. The fourth-order valence-electron chi connectivity index (χ4n) is 2.84. The van der Waals surface area contributed by atoms with E-state index in [1.807, 2.05) is 0 Å². The van der Waals surface area contributed by atoms with Crippen LogP contribution in [0.5, 0.6) is 11.5 Å². The molecule has 2 aromatic rings. The number of carbonyl (C=O) groups excluding carboxylic acids is 3. The fourth-order valence-corrected chi connectivity index (χ4v) is 3.97. The Hall–Kier alpha value is -3.23. The van der Waals surface area contributed by atoms with Gasteiger partial charge in [-0.15, -0.1) is 6.58 Å². The van der Waals surface area contributed by atoms with Gasteiger partial charge in [0.05, 0.1) is 23.0 Å².